The van der Waals surface area contributed by atoms with Crippen LogP contribution in [0.5, 0.6) is 11.5 Å². The number of carbonyl (C=O) groups is 1. The molecule has 0 saturated heterocycles. The first kappa shape index (κ1) is 24.5. The summed E-state index contributed by atoms with van der Waals surface area (Å²) in [5, 5.41) is 5.72. The lowest BCUT2D eigenvalue weighted by Gasteiger charge is -2.19. The second kappa shape index (κ2) is 12.2. The maximum absolute atomic E-state index is 11.5. The average molecular weight is 512 g/mol. The highest BCUT2D eigenvalue weighted by molar-refractivity contribution is 14.0. The number of nitrogens with zero attached hydrogens (tertiary/aromatic N) is 1. The Morgan fingerprint density at radius 3 is 2.45 bits per heavy atom. The Hall–Kier alpha value is -2.49. The Balaban J connectivity index is 0.00000420. The highest BCUT2D eigenvalue weighted by Crippen LogP contribution is 2.23. The van der Waals surface area contributed by atoms with Gasteiger partial charge in [0, 0.05) is 24.8 Å². The molecular formula is C21H29IN4O3. The predicted octanol–water partition coefficient (Wildman–Crippen LogP) is 4.74. The Labute approximate surface area is 189 Å². The van der Waals surface area contributed by atoms with Gasteiger partial charge >= 0.3 is 6.09 Å². The Morgan fingerprint density at radius 2 is 1.76 bits per heavy atom. The van der Waals surface area contributed by atoms with Crippen LogP contribution in [0.15, 0.2) is 59.6 Å². The number of carbonyl (C=O) groups excluding carboxylic acids is 1. The first-order valence-electron chi connectivity index (χ1n) is 9.18. The van der Waals surface area contributed by atoms with Gasteiger partial charge in [-0.2, -0.15) is 0 Å². The highest BCUT2D eigenvalue weighted by atomic mass is 127. The van der Waals surface area contributed by atoms with Crippen LogP contribution in [-0.2, 0) is 4.74 Å². The number of rotatable bonds is 7. The first-order chi connectivity index (χ1) is 13.3. The molecule has 0 radical (unpaired) electrons. The molecule has 0 bridgehead atoms. The van der Waals surface area contributed by atoms with Gasteiger partial charge in [-0.3, -0.25) is 4.99 Å². The molecule has 7 nitrogen and oxygen atoms in total. The fourth-order valence-corrected chi connectivity index (χ4v) is 2.23. The molecule has 29 heavy (non-hydrogen) atoms. The van der Waals surface area contributed by atoms with E-state index in [2.05, 4.69) is 15.6 Å². The molecular weight excluding hydrogens is 483 g/mol. The Kier molecular flexibility index (Phi) is 10.3. The molecule has 8 heteroatoms. The number of nitrogens with one attached hydrogen (secondary N) is 2. The van der Waals surface area contributed by atoms with Crippen molar-refractivity contribution in [3.63, 3.8) is 0 Å². The van der Waals surface area contributed by atoms with E-state index in [0.717, 1.165) is 11.4 Å². The summed E-state index contributed by atoms with van der Waals surface area (Å²) in [4.78, 5) is 15.8. The standard InChI is InChI=1S/C21H28N4O3.HI/c1-21(2,3)28-20(26)24-14-8-13-23-19(22)25-16-9-7-12-18(15-16)27-17-10-5-4-6-11-17;/h4-7,9-12,15H,8,13-14H2,1-3H3,(H,24,26)(H3,22,23,25);1H. The van der Waals surface area contributed by atoms with Crippen LogP contribution in [0.1, 0.15) is 27.2 Å². The zero-order chi connectivity index (χ0) is 20.4. The Bertz CT molecular complexity index is 792. The third-order valence-electron chi connectivity index (χ3n) is 3.37. The predicted molar refractivity (Wildman–Crippen MR) is 127 cm³/mol. The normalized spacial score (nSPS) is 11.2. The molecule has 0 atom stereocenters. The molecule has 0 heterocycles. The van der Waals surface area contributed by atoms with Crippen LogP contribution in [0.3, 0.4) is 0 Å². The number of hydrogen-bond donors (Lipinski definition) is 3. The van der Waals surface area contributed by atoms with Gasteiger partial charge in [-0.1, -0.05) is 24.3 Å². The van der Waals surface area contributed by atoms with Crippen molar-refractivity contribution in [2.75, 3.05) is 18.4 Å². The van der Waals surface area contributed by atoms with E-state index >= 15 is 0 Å². The molecule has 2 rings (SSSR count). The first-order valence-corrected chi connectivity index (χ1v) is 9.18. The van der Waals surface area contributed by atoms with Crippen LogP contribution in [0.4, 0.5) is 10.5 Å². The van der Waals surface area contributed by atoms with E-state index in [0.29, 0.717) is 31.2 Å². The maximum atomic E-state index is 11.5. The lowest BCUT2D eigenvalue weighted by Crippen LogP contribution is -2.33. The van der Waals surface area contributed by atoms with Crippen molar-refractivity contribution in [2.24, 2.45) is 10.7 Å². The Morgan fingerprint density at radius 1 is 1.07 bits per heavy atom. The smallest absolute Gasteiger partial charge is 0.407 e. The van der Waals surface area contributed by atoms with Gasteiger partial charge in [0.2, 0.25) is 0 Å². The summed E-state index contributed by atoms with van der Waals surface area (Å²) >= 11 is 0. The van der Waals surface area contributed by atoms with Crippen LogP contribution in [-0.4, -0.2) is 30.7 Å². The number of guanidine groups is 1. The van der Waals surface area contributed by atoms with E-state index in [1.165, 1.54) is 0 Å². The minimum absolute atomic E-state index is 0. The number of hydrogen-bond acceptors (Lipinski definition) is 4. The lowest BCUT2D eigenvalue weighted by atomic mass is 10.2. The minimum Gasteiger partial charge on any atom is -0.457 e. The molecule has 1 amide bonds. The van der Waals surface area contributed by atoms with E-state index in [-0.39, 0.29) is 24.0 Å². The maximum Gasteiger partial charge on any atom is 0.407 e. The van der Waals surface area contributed by atoms with Gasteiger partial charge in [0.05, 0.1) is 0 Å². The number of ether oxygens (including phenoxy) is 2. The molecule has 0 spiro atoms. The summed E-state index contributed by atoms with van der Waals surface area (Å²) in [6, 6.07) is 17.0. The average Bonchev–Trinajstić information content (AvgIpc) is 2.61. The highest BCUT2D eigenvalue weighted by Gasteiger charge is 2.15. The second-order valence-corrected chi connectivity index (χ2v) is 7.12. The molecule has 2 aromatic rings. The molecule has 0 aliphatic heterocycles. The summed E-state index contributed by atoms with van der Waals surface area (Å²) in [6.45, 7) is 6.41. The zero-order valence-corrected chi connectivity index (χ0v) is 19.3. The van der Waals surface area contributed by atoms with Gasteiger partial charge in [0.15, 0.2) is 5.96 Å². The number of nitrogens with two attached hydrogens (primary N) is 1. The van der Waals surface area contributed by atoms with Crippen molar-refractivity contribution in [3.8, 4) is 11.5 Å². The van der Waals surface area contributed by atoms with E-state index in [9.17, 15) is 4.79 Å². The minimum atomic E-state index is -0.505. The molecule has 2 aromatic carbocycles. The number of alkyl carbamates (subject to hydrolysis) is 1. The van der Waals surface area contributed by atoms with Crippen LogP contribution in [0.25, 0.3) is 0 Å². The van der Waals surface area contributed by atoms with Gasteiger partial charge in [-0.05, 0) is 51.5 Å². The molecule has 0 fully saturated rings. The van der Waals surface area contributed by atoms with Crippen LogP contribution in [0, 0.1) is 0 Å². The zero-order valence-electron chi connectivity index (χ0n) is 17.0. The summed E-state index contributed by atoms with van der Waals surface area (Å²) in [7, 11) is 0. The van der Waals surface area contributed by atoms with Gasteiger partial charge in [0.1, 0.15) is 17.1 Å². The number of anilines is 1. The topological polar surface area (TPSA) is 98.0 Å². The fourth-order valence-electron chi connectivity index (χ4n) is 2.23. The van der Waals surface area contributed by atoms with E-state index in [1.54, 1.807) is 0 Å². The van der Waals surface area contributed by atoms with Crippen molar-refractivity contribution in [3.05, 3.63) is 54.6 Å². The van der Waals surface area contributed by atoms with E-state index < -0.39 is 11.7 Å². The third kappa shape index (κ3) is 10.6. The van der Waals surface area contributed by atoms with Crippen LogP contribution < -0.4 is 21.1 Å². The molecule has 158 valence electrons. The van der Waals surface area contributed by atoms with Crippen LogP contribution in [0.2, 0.25) is 0 Å². The summed E-state index contributed by atoms with van der Waals surface area (Å²) in [5.74, 6) is 1.76. The lowest BCUT2D eigenvalue weighted by molar-refractivity contribution is 0.0527. The number of aliphatic imine (C=N–C) groups is 1. The molecule has 0 saturated carbocycles. The number of para-hydroxylation sites is 1. The summed E-state index contributed by atoms with van der Waals surface area (Å²) in [5.41, 5.74) is 6.19. The van der Waals surface area contributed by atoms with Crippen molar-refractivity contribution in [2.45, 2.75) is 32.8 Å². The molecule has 4 N–H and O–H groups in total. The molecule has 0 aliphatic carbocycles. The number of halogens is 1. The van der Waals surface area contributed by atoms with Gasteiger partial charge in [0.25, 0.3) is 0 Å². The van der Waals surface area contributed by atoms with E-state index in [1.807, 2.05) is 75.4 Å². The SMILES string of the molecule is CC(C)(C)OC(=O)NCCCN=C(N)Nc1cccc(Oc2ccccc2)c1.I. The summed E-state index contributed by atoms with van der Waals surface area (Å²) < 4.78 is 11.0. The quantitative estimate of drug-likeness (QED) is 0.216. The molecule has 0 unspecified atom stereocenters. The van der Waals surface area contributed by atoms with Crippen molar-refractivity contribution in [1.29, 1.82) is 0 Å². The van der Waals surface area contributed by atoms with Crippen molar-refractivity contribution < 1.29 is 14.3 Å². The van der Waals surface area contributed by atoms with Gasteiger partial charge in [-0.15, -0.1) is 24.0 Å². The van der Waals surface area contributed by atoms with E-state index in [4.69, 9.17) is 15.2 Å². The second-order valence-electron chi connectivity index (χ2n) is 7.12. The van der Waals surface area contributed by atoms with Crippen LogP contribution >= 0.6 is 24.0 Å². The largest absolute Gasteiger partial charge is 0.457 e. The fraction of sp³-hybridized carbons (Fsp3) is 0.333. The van der Waals surface area contributed by atoms with Crippen molar-refractivity contribution in [1.82, 2.24) is 5.32 Å². The number of benzene rings is 2. The number of amides is 1. The third-order valence-corrected chi connectivity index (χ3v) is 3.37. The van der Waals surface area contributed by atoms with Gasteiger partial charge < -0.3 is 25.8 Å². The van der Waals surface area contributed by atoms with Gasteiger partial charge in [-0.25, -0.2) is 4.79 Å². The monoisotopic (exact) mass is 512 g/mol. The van der Waals surface area contributed by atoms with Crippen molar-refractivity contribution >= 4 is 41.7 Å². The molecule has 0 aliphatic rings. The summed E-state index contributed by atoms with van der Waals surface area (Å²) in [6.07, 6.45) is 0.219. The molecule has 0 aromatic heterocycles.